The van der Waals surface area contributed by atoms with E-state index in [1.54, 1.807) is 0 Å². The minimum atomic E-state index is -0.859. The van der Waals surface area contributed by atoms with Gasteiger partial charge < -0.3 is 0 Å². The molecule has 0 saturated carbocycles. The van der Waals surface area contributed by atoms with E-state index in [0.717, 1.165) is 0 Å². The van der Waals surface area contributed by atoms with E-state index < -0.39 is 48.4 Å². The molecular weight excluding hydrogens is 601 g/mol. The maximum Gasteiger partial charge on any atom is 0.0496 e. The summed E-state index contributed by atoms with van der Waals surface area (Å²) in [5.74, 6) is 0. The molecule has 0 amide bonds. The molecule has 0 bridgehead atoms. The fraction of sp³-hybridized carbons (Fsp3) is 1.00. The van der Waals surface area contributed by atoms with E-state index in [1.165, 1.54) is 55.5 Å². The van der Waals surface area contributed by atoms with Crippen molar-refractivity contribution in [1.29, 1.82) is 0 Å². The van der Waals surface area contributed by atoms with Gasteiger partial charge in [-0.1, -0.05) is 229 Å². The van der Waals surface area contributed by atoms with Crippen LogP contribution in [0.25, 0.3) is 0 Å². The number of rotatable bonds is 9. The molecule has 0 aliphatic carbocycles. The third-order valence-electron chi connectivity index (χ3n) is 8.15. The van der Waals surface area contributed by atoms with Crippen LogP contribution in [0.15, 0.2) is 0 Å². The summed E-state index contributed by atoms with van der Waals surface area (Å²) in [6, 6.07) is 8.77. The van der Waals surface area contributed by atoms with E-state index >= 15 is 0 Å². The average molecular weight is 698 g/mol. The molecule has 0 saturated heterocycles. The van der Waals surface area contributed by atoms with Crippen LogP contribution in [0, 0.1) is 0 Å². The van der Waals surface area contributed by atoms with Crippen LogP contribution >= 0.6 is 0 Å². The molecule has 0 aromatic rings. The first-order valence-electron chi connectivity index (χ1n) is 18.1. The highest BCUT2D eigenvalue weighted by Crippen LogP contribution is 2.35. The first-order valence-corrected chi connectivity index (χ1v) is 39.9. The monoisotopic (exact) mass is 697 g/mol. The molecule has 0 aromatic carbocycles. The van der Waals surface area contributed by atoms with Crippen LogP contribution in [0.4, 0.5) is 0 Å². The summed E-state index contributed by atoms with van der Waals surface area (Å²) in [6.45, 7) is 61.5. The van der Waals surface area contributed by atoms with Crippen molar-refractivity contribution in [3.05, 3.63) is 0 Å². The van der Waals surface area contributed by atoms with Gasteiger partial charge in [-0.05, 0) is 5.04 Å². The van der Waals surface area contributed by atoms with E-state index in [2.05, 4.69) is 174 Å². The minimum Gasteiger partial charge on any atom is -0.0697 e. The second kappa shape index (κ2) is 26.4. The molecule has 0 nitrogen and oxygen atoms in total. The van der Waals surface area contributed by atoms with E-state index in [0.29, 0.717) is 5.04 Å². The topological polar surface area (TPSA) is 0 Å². The van der Waals surface area contributed by atoms with Gasteiger partial charge in [0, 0.05) is 48.4 Å². The quantitative estimate of drug-likeness (QED) is 0.210. The Morgan fingerprint density at radius 3 is 0.643 bits per heavy atom. The molecule has 0 fully saturated rings. The number of unbranched alkanes of at least 4 members (excludes halogenated alkanes) is 1. The lowest BCUT2D eigenvalue weighted by Gasteiger charge is -2.32. The zero-order chi connectivity index (χ0) is 35.9. The molecular formula is C36H96Si6. The van der Waals surface area contributed by atoms with Crippen molar-refractivity contribution in [3.63, 3.8) is 0 Å². The van der Waals surface area contributed by atoms with Gasteiger partial charge in [-0.3, -0.25) is 0 Å². The number of hydrogen-bond acceptors (Lipinski definition) is 0. The van der Waals surface area contributed by atoms with Gasteiger partial charge in [0.25, 0.3) is 0 Å². The molecule has 0 atom stereocenters. The van der Waals surface area contributed by atoms with E-state index in [-0.39, 0.29) is 0 Å². The van der Waals surface area contributed by atoms with E-state index in [1.807, 2.05) is 0 Å². The van der Waals surface area contributed by atoms with Crippen molar-refractivity contribution in [2.45, 2.75) is 234 Å². The van der Waals surface area contributed by atoms with E-state index in [9.17, 15) is 0 Å². The highest BCUT2D eigenvalue weighted by atomic mass is 28.3. The van der Waals surface area contributed by atoms with Crippen LogP contribution < -0.4 is 0 Å². The molecule has 0 aromatic heterocycles. The van der Waals surface area contributed by atoms with E-state index in [4.69, 9.17) is 0 Å². The Balaban J connectivity index is -0.0000000932. The molecule has 0 rings (SSSR count). The lowest BCUT2D eigenvalue weighted by atomic mass is 10.2. The van der Waals surface area contributed by atoms with Gasteiger partial charge in [-0.15, -0.1) is 0 Å². The van der Waals surface area contributed by atoms with Crippen molar-refractivity contribution in [2.75, 3.05) is 0 Å². The summed E-state index contributed by atoms with van der Waals surface area (Å²) in [4.78, 5) is 0. The first kappa shape index (κ1) is 55.7. The fourth-order valence-electron chi connectivity index (χ4n) is 2.21. The van der Waals surface area contributed by atoms with Gasteiger partial charge in [0.15, 0.2) is 0 Å². The predicted octanol–water partition coefficient (Wildman–Crippen LogP) is 16.4. The second-order valence-corrected chi connectivity index (χ2v) is 55.1. The Morgan fingerprint density at radius 2 is 0.619 bits per heavy atom. The van der Waals surface area contributed by atoms with Crippen molar-refractivity contribution < 1.29 is 0 Å². The maximum absolute atomic E-state index is 2.49. The van der Waals surface area contributed by atoms with Gasteiger partial charge in [0.1, 0.15) is 0 Å². The molecule has 42 heavy (non-hydrogen) atoms. The zero-order valence-corrected chi connectivity index (χ0v) is 41.9. The van der Waals surface area contributed by atoms with Gasteiger partial charge in [-0.25, -0.2) is 0 Å². The fourth-order valence-corrected chi connectivity index (χ4v) is 6.62. The van der Waals surface area contributed by atoms with Gasteiger partial charge in [0.05, 0.1) is 0 Å². The molecule has 0 radical (unpaired) electrons. The number of hydrogen-bond donors (Lipinski definition) is 0. The lowest BCUT2D eigenvalue weighted by Crippen LogP contribution is -2.32. The summed E-state index contributed by atoms with van der Waals surface area (Å²) in [5, 5.41) is 0.576. The van der Waals surface area contributed by atoms with Crippen LogP contribution in [0.1, 0.15) is 81.6 Å². The summed E-state index contributed by atoms with van der Waals surface area (Å²) in [6.07, 6.45) is 4.18. The molecule has 0 unspecified atom stereocenters. The molecule has 0 N–H and O–H groups in total. The molecule has 0 aliphatic rings. The molecule has 0 spiro atoms. The van der Waals surface area contributed by atoms with Crippen LogP contribution in [0.2, 0.25) is 153 Å². The lowest BCUT2D eigenvalue weighted by molar-refractivity contribution is 0.724. The van der Waals surface area contributed by atoms with Crippen LogP contribution in [-0.4, -0.2) is 48.4 Å². The zero-order valence-electron chi connectivity index (χ0n) is 35.9. The Hall–Kier alpha value is 1.30. The highest BCUT2D eigenvalue weighted by molar-refractivity contribution is 6.79. The third-order valence-corrected chi connectivity index (χ3v) is 23.7. The predicted molar refractivity (Wildman–Crippen MR) is 231 cm³/mol. The standard InChI is InChI=1S/3C7H18Si.C6H16Si.C5H14Si.C4H12Si/c1-7(2,3)8(4,5)6;1-5-6-7-8(2,3)4;1-5-8(4,6-2)7-3;1-5-6-7(2,3)4;1-5-6(2,3)4;1-5(2,3)4/h1-6H3;2*5-7H2,1-4H3;5-6H2,1-4H3;5H2,1-4H3;1-4H3. The summed E-state index contributed by atoms with van der Waals surface area (Å²) < 4.78 is 0. The van der Waals surface area contributed by atoms with Crippen LogP contribution in [-0.2, 0) is 0 Å². The molecule has 0 heterocycles. The first-order chi connectivity index (χ1) is 18.1. The molecule has 0 aliphatic heterocycles. The maximum atomic E-state index is 2.49. The smallest absolute Gasteiger partial charge is 0.0496 e. The van der Waals surface area contributed by atoms with Crippen LogP contribution in [0.5, 0.6) is 0 Å². The highest BCUT2D eigenvalue weighted by Gasteiger charge is 2.29. The second-order valence-electron chi connectivity index (χ2n) is 20.3. The average Bonchev–Trinajstić information content (AvgIpc) is 2.74. The van der Waals surface area contributed by atoms with Gasteiger partial charge >= 0.3 is 0 Å². The largest absolute Gasteiger partial charge is 0.0697 e. The molecule has 264 valence electrons. The van der Waals surface area contributed by atoms with Crippen molar-refractivity contribution in [2.24, 2.45) is 0 Å². The van der Waals surface area contributed by atoms with Crippen molar-refractivity contribution in [1.82, 2.24) is 0 Å². The Labute approximate surface area is 281 Å². The summed E-state index contributed by atoms with van der Waals surface area (Å²) in [7, 11) is -4.11. The van der Waals surface area contributed by atoms with Crippen molar-refractivity contribution >= 4 is 48.4 Å². The Kier molecular flexibility index (Phi) is 35.0. The van der Waals surface area contributed by atoms with Gasteiger partial charge in [-0.2, -0.15) is 0 Å². The minimum absolute atomic E-state index is 0.576. The normalized spacial score (nSPS) is 12.4. The molecule has 6 heteroatoms. The SMILES string of the molecule is CC(C)(C)[Si](C)(C)C.CCCC[Si](C)(C)C.CCC[Si](C)(C)C.CC[Si](C)(C)C.CC[Si](C)(CC)CC.C[Si](C)(C)C. The summed E-state index contributed by atoms with van der Waals surface area (Å²) in [5.41, 5.74) is 0. The van der Waals surface area contributed by atoms with Crippen LogP contribution in [0.3, 0.4) is 0 Å². The third kappa shape index (κ3) is 68.5. The Bertz CT molecular complexity index is 514. The van der Waals surface area contributed by atoms with Crippen molar-refractivity contribution in [3.8, 4) is 0 Å². The van der Waals surface area contributed by atoms with Gasteiger partial charge in [0.2, 0.25) is 0 Å². The Morgan fingerprint density at radius 1 is 0.381 bits per heavy atom. The summed E-state index contributed by atoms with van der Waals surface area (Å²) >= 11 is 0.